The number of nitrogens with one attached hydrogen (secondary N) is 2. The number of aliphatic hydroxyl groups is 2. The van der Waals surface area contributed by atoms with Crippen molar-refractivity contribution >= 4 is 0 Å². The lowest BCUT2D eigenvalue weighted by atomic mass is 9.84. The number of aliphatic hydroxyl groups excluding tert-OH is 2. The van der Waals surface area contributed by atoms with E-state index in [1.165, 1.54) is 32.1 Å². The van der Waals surface area contributed by atoms with E-state index in [1.54, 1.807) is 0 Å². The van der Waals surface area contributed by atoms with Crippen LogP contribution in [0.3, 0.4) is 0 Å². The van der Waals surface area contributed by atoms with Gasteiger partial charge in [-0.25, -0.2) is 0 Å². The van der Waals surface area contributed by atoms with Crippen molar-refractivity contribution in [3.05, 3.63) is 0 Å². The molecule has 0 aliphatic heterocycles. The summed E-state index contributed by atoms with van der Waals surface area (Å²) >= 11 is 0. The highest BCUT2D eigenvalue weighted by Gasteiger charge is 2.24. The summed E-state index contributed by atoms with van der Waals surface area (Å²) in [5, 5.41) is 25.9. The van der Waals surface area contributed by atoms with Crippen molar-refractivity contribution in [2.45, 2.75) is 75.9 Å². The van der Waals surface area contributed by atoms with Gasteiger partial charge in [-0.1, -0.05) is 32.1 Å². The van der Waals surface area contributed by atoms with E-state index in [0.717, 1.165) is 19.4 Å². The number of likely N-dealkylation sites (N-methyl/N-ethyl adjacent to an activating group) is 1. The third-order valence-electron chi connectivity index (χ3n) is 4.41. The van der Waals surface area contributed by atoms with E-state index in [1.807, 2.05) is 7.05 Å². The molecule has 4 atom stereocenters. The van der Waals surface area contributed by atoms with Crippen molar-refractivity contribution in [3.8, 4) is 0 Å². The second-order valence-corrected chi connectivity index (χ2v) is 6.41. The number of rotatable bonds is 10. The topological polar surface area (TPSA) is 117 Å². The smallest absolute Gasteiger partial charge is 0.117 e. The molecule has 1 aliphatic rings. The maximum Gasteiger partial charge on any atom is 0.117 e. The third kappa shape index (κ3) is 8.09. The first kappa shape index (κ1) is 18.8. The zero-order valence-corrected chi connectivity index (χ0v) is 13.3. The molecule has 0 spiro atoms. The molecule has 1 fully saturated rings. The molecule has 0 aromatic carbocycles. The second-order valence-electron chi connectivity index (χ2n) is 6.41. The van der Waals surface area contributed by atoms with Crippen LogP contribution in [0.5, 0.6) is 0 Å². The van der Waals surface area contributed by atoms with Gasteiger partial charge in [0.05, 0.1) is 0 Å². The van der Waals surface area contributed by atoms with Crippen LogP contribution in [0.1, 0.15) is 51.4 Å². The van der Waals surface area contributed by atoms with Crippen LogP contribution in [-0.2, 0) is 0 Å². The minimum Gasteiger partial charge on any atom is -0.379 e. The molecule has 1 saturated carbocycles. The molecule has 0 bridgehead atoms. The quantitative estimate of drug-likeness (QED) is 0.312. The predicted octanol–water partition coefficient (Wildman–Crippen LogP) is -0.163. The molecular weight excluding hydrogens is 268 g/mol. The van der Waals surface area contributed by atoms with Gasteiger partial charge >= 0.3 is 0 Å². The molecule has 0 aromatic heterocycles. The van der Waals surface area contributed by atoms with Crippen LogP contribution >= 0.6 is 0 Å². The molecule has 1 rings (SSSR count). The molecule has 21 heavy (non-hydrogen) atoms. The largest absolute Gasteiger partial charge is 0.379 e. The summed E-state index contributed by atoms with van der Waals surface area (Å²) in [5.74, 6) is 0.605. The number of nitrogens with two attached hydrogens (primary N) is 2. The molecule has 0 amide bonds. The summed E-state index contributed by atoms with van der Waals surface area (Å²) in [5.41, 5.74) is 11.6. The van der Waals surface area contributed by atoms with Crippen molar-refractivity contribution in [3.63, 3.8) is 0 Å². The Balaban J connectivity index is 2.31. The minimum absolute atomic E-state index is 0.0334. The van der Waals surface area contributed by atoms with Crippen molar-refractivity contribution in [1.29, 1.82) is 0 Å². The van der Waals surface area contributed by atoms with E-state index >= 15 is 0 Å². The molecule has 0 radical (unpaired) electrons. The predicted molar refractivity (Wildman–Crippen MR) is 85.5 cm³/mol. The van der Waals surface area contributed by atoms with E-state index in [2.05, 4.69) is 10.6 Å². The minimum atomic E-state index is -0.937. The zero-order chi connectivity index (χ0) is 15.7. The van der Waals surface area contributed by atoms with Crippen LogP contribution in [0, 0.1) is 5.92 Å². The van der Waals surface area contributed by atoms with Crippen LogP contribution in [0.25, 0.3) is 0 Å². The Morgan fingerprint density at radius 3 is 2.33 bits per heavy atom. The highest BCUT2D eigenvalue weighted by atomic mass is 16.3. The van der Waals surface area contributed by atoms with Crippen LogP contribution in [0.15, 0.2) is 0 Å². The third-order valence-corrected chi connectivity index (χ3v) is 4.41. The van der Waals surface area contributed by atoms with Gasteiger partial charge in [-0.3, -0.25) is 5.32 Å². The van der Waals surface area contributed by atoms with E-state index in [0.29, 0.717) is 12.3 Å². The molecule has 0 saturated heterocycles. The summed E-state index contributed by atoms with van der Waals surface area (Å²) in [6.07, 6.45) is 6.76. The lowest BCUT2D eigenvalue weighted by Crippen LogP contribution is -2.50. The van der Waals surface area contributed by atoms with Crippen molar-refractivity contribution in [1.82, 2.24) is 10.6 Å². The van der Waals surface area contributed by atoms with E-state index in [-0.39, 0.29) is 12.1 Å². The molecular formula is C15H34N4O2. The zero-order valence-electron chi connectivity index (χ0n) is 13.3. The fraction of sp³-hybridized carbons (Fsp3) is 1.00. The van der Waals surface area contributed by atoms with Crippen LogP contribution in [-0.4, -0.2) is 48.3 Å². The average Bonchev–Trinajstić information content (AvgIpc) is 2.46. The van der Waals surface area contributed by atoms with Gasteiger partial charge in [-0.15, -0.1) is 0 Å². The lowest BCUT2D eigenvalue weighted by Gasteiger charge is -2.30. The SMILES string of the molecule is CNCC(N)CCC(O)N[C@@H](CC1CCCCC1)C(N)O. The highest BCUT2D eigenvalue weighted by molar-refractivity contribution is 4.79. The van der Waals surface area contributed by atoms with E-state index in [4.69, 9.17) is 11.5 Å². The first-order valence-corrected chi connectivity index (χ1v) is 8.31. The van der Waals surface area contributed by atoms with Gasteiger partial charge in [0.15, 0.2) is 0 Å². The van der Waals surface area contributed by atoms with E-state index in [9.17, 15) is 10.2 Å². The average molecular weight is 302 g/mol. The standard InChI is InChI=1S/C15H34N4O2/c1-18-10-12(16)7-8-14(20)19-13(15(17)21)9-11-5-3-2-4-6-11/h11-15,18-21H,2-10,16-17H2,1H3/t12?,13-,14?,15?/m0/s1. The fourth-order valence-electron chi connectivity index (χ4n) is 3.15. The summed E-state index contributed by atoms with van der Waals surface area (Å²) in [6, 6.07) is -0.213. The van der Waals surface area contributed by atoms with Crippen molar-refractivity contribution in [2.24, 2.45) is 17.4 Å². The maximum absolute atomic E-state index is 10.1. The summed E-state index contributed by atoms with van der Waals surface area (Å²) in [4.78, 5) is 0. The normalized spacial score (nSPS) is 22.7. The van der Waals surface area contributed by atoms with Crippen LogP contribution in [0.4, 0.5) is 0 Å². The first-order valence-electron chi connectivity index (χ1n) is 8.31. The molecule has 6 heteroatoms. The molecule has 126 valence electrons. The van der Waals surface area contributed by atoms with Gasteiger partial charge in [0.2, 0.25) is 0 Å². The number of hydrogen-bond acceptors (Lipinski definition) is 6. The Bertz CT molecular complexity index is 260. The van der Waals surface area contributed by atoms with Gasteiger partial charge in [0, 0.05) is 18.6 Å². The Morgan fingerprint density at radius 2 is 1.76 bits per heavy atom. The Hall–Kier alpha value is -0.240. The Labute approximate surface area is 128 Å². The summed E-state index contributed by atoms with van der Waals surface area (Å²) in [6.45, 7) is 0.734. The molecule has 1 aliphatic carbocycles. The lowest BCUT2D eigenvalue weighted by molar-refractivity contribution is 0.0498. The number of hydrogen-bond donors (Lipinski definition) is 6. The highest BCUT2D eigenvalue weighted by Crippen LogP contribution is 2.27. The van der Waals surface area contributed by atoms with Crippen molar-refractivity contribution < 1.29 is 10.2 Å². The second kappa shape index (κ2) is 10.5. The maximum atomic E-state index is 10.1. The van der Waals surface area contributed by atoms with Gasteiger partial charge < -0.3 is 27.0 Å². The van der Waals surface area contributed by atoms with Crippen LogP contribution in [0.2, 0.25) is 0 Å². The molecule has 3 unspecified atom stereocenters. The molecule has 8 N–H and O–H groups in total. The fourth-order valence-corrected chi connectivity index (χ4v) is 3.15. The first-order chi connectivity index (χ1) is 10.0. The molecule has 0 aromatic rings. The molecule has 0 heterocycles. The van der Waals surface area contributed by atoms with Crippen LogP contribution < -0.4 is 22.1 Å². The van der Waals surface area contributed by atoms with Gasteiger partial charge in [-0.05, 0) is 32.2 Å². The Morgan fingerprint density at radius 1 is 1.10 bits per heavy atom. The van der Waals surface area contributed by atoms with Gasteiger partial charge in [0.25, 0.3) is 0 Å². The van der Waals surface area contributed by atoms with E-state index < -0.39 is 12.5 Å². The Kier molecular flexibility index (Phi) is 9.39. The monoisotopic (exact) mass is 302 g/mol. The molecule has 6 nitrogen and oxygen atoms in total. The van der Waals surface area contributed by atoms with Gasteiger partial charge in [-0.2, -0.15) is 0 Å². The summed E-state index contributed by atoms with van der Waals surface area (Å²) < 4.78 is 0. The van der Waals surface area contributed by atoms with Crippen molar-refractivity contribution in [2.75, 3.05) is 13.6 Å². The van der Waals surface area contributed by atoms with Gasteiger partial charge in [0.1, 0.15) is 12.5 Å². The summed E-state index contributed by atoms with van der Waals surface area (Å²) in [7, 11) is 1.86.